The third-order valence-electron chi connectivity index (χ3n) is 5.91. The Labute approximate surface area is 228 Å². The van der Waals surface area contributed by atoms with Crippen molar-refractivity contribution in [2.24, 2.45) is 0 Å². The Bertz CT molecular complexity index is 1130. The van der Waals surface area contributed by atoms with Crippen molar-refractivity contribution in [2.75, 3.05) is 5.75 Å². The number of nitrogens with zero attached hydrogens (tertiary/aromatic N) is 1. The van der Waals surface area contributed by atoms with E-state index < -0.39 is 6.04 Å². The molecule has 0 bridgehead atoms. The van der Waals surface area contributed by atoms with Crippen LogP contribution in [0.1, 0.15) is 37.8 Å². The highest BCUT2D eigenvalue weighted by Crippen LogP contribution is 2.23. The van der Waals surface area contributed by atoms with Gasteiger partial charge in [-0.2, -0.15) is 0 Å². The van der Waals surface area contributed by atoms with E-state index in [9.17, 15) is 9.59 Å². The van der Waals surface area contributed by atoms with E-state index in [4.69, 9.17) is 23.2 Å². The van der Waals surface area contributed by atoms with Gasteiger partial charge in [0.05, 0.1) is 0 Å². The van der Waals surface area contributed by atoms with Crippen molar-refractivity contribution in [3.05, 3.63) is 100 Å². The van der Waals surface area contributed by atoms with Gasteiger partial charge in [-0.1, -0.05) is 72.6 Å². The number of amides is 2. The summed E-state index contributed by atoms with van der Waals surface area (Å²) in [5.74, 6) is 0.378. The summed E-state index contributed by atoms with van der Waals surface area (Å²) in [7, 11) is 0. The van der Waals surface area contributed by atoms with Crippen LogP contribution in [-0.2, 0) is 22.6 Å². The molecule has 0 heterocycles. The van der Waals surface area contributed by atoms with E-state index in [1.165, 1.54) is 0 Å². The van der Waals surface area contributed by atoms with Gasteiger partial charge in [-0.25, -0.2) is 0 Å². The van der Waals surface area contributed by atoms with Crippen molar-refractivity contribution in [2.45, 2.75) is 56.6 Å². The predicted molar refractivity (Wildman–Crippen MR) is 151 cm³/mol. The summed E-state index contributed by atoms with van der Waals surface area (Å²) in [5.41, 5.74) is 1.89. The van der Waals surface area contributed by atoms with Crippen LogP contribution in [0.4, 0.5) is 0 Å². The first-order valence-corrected chi connectivity index (χ1v) is 13.9. The smallest absolute Gasteiger partial charge is 0.243 e. The quantitative estimate of drug-likeness (QED) is 0.250. The fourth-order valence-electron chi connectivity index (χ4n) is 3.76. The average molecular weight is 544 g/mol. The minimum absolute atomic E-state index is 0.0133. The maximum Gasteiger partial charge on any atom is 0.243 e. The predicted octanol–water partition coefficient (Wildman–Crippen LogP) is 7.03. The molecule has 7 heteroatoms. The lowest BCUT2D eigenvalue weighted by molar-refractivity contribution is -0.141. The van der Waals surface area contributed by atoms with Gasteiger partial charge in [-0.3, -0.25) is 9.59 Å². The molecule has 3 aromatic rings. The molecular weight excluding hydrogens is 511 g/mol. The number of thioether (sulfide) groups is 1. The summed E-state index contributed by atoms with van der Waals surface area (Å²) in [6, 6.07) is 24.2. The monoisotopic (exact) mass is 542 g/mol. The number of hydrogen-bond acceptors (Lipinski definition) is 3. The molecule has 2 atom stereocenters. The first-order valence-electron chi connectivity index (χ1n) is 12.1. The zero-order valence-corrected chi connectivity index (χ0v) is 23.0. The summed E-state index contributed by atoms with van der Waals surface area (Å²) in [6.45, 7) is 4.31. The van der Waals surface area contributed by atoms with Crippen LogP contribution in [0.2, 0.25) is 10.0 Å². The van der Waals surface area contributed by atoms with Crippen molar-refractivity contribution in [1.82, 2.24) is 10.2 Å². The molecule has 0 unspecified atom stereocenters. The average Bonchev–Trinajstić information content (AvgIpc) is 2.87. The number of benzene rings is 3. The number of carbonyl (C=O) groups excluding carboxylic acids is 2. The van der Waals surface area contributed by atoms with Gasteiger partial charge in [0, 0.05) is 46.1 Å². The van der Waals surface area contributed by atoms with Crippen LogP contribution in [0, 0.1) is 0 Å². The van der Waals surface area contributed by atoms with E-state index in [1.807, 2.05) is 86.6 Å². The Morgan fingerprint density at radius 2 is 1.61 bits per heavy atom. The van der Waals surface area contributed by atoms with Crippen molar-refractivity contribution >= 4 is 46.8 Å². The van der Waals surface area contributed by atoms with Crippen molar-refractivity contribution < 1.29 is 9.59 Å². The number of halogens is 2. The van der Waals surface area contributed by atoms with Crippen molar-refractivity contribution in [3.8, 4) is 0 Å². The molecule has 36 heavy (non-hydrogen) atoms. The standard InChI is InChI=1S/C29H32Cl2N2O2S/c1-3-21(2)32-29(35)27(19-22-8-5-4-6-9-22)33(20-23-10-7-11-25(31)18-23)28(34)16-17-36-26-14-12-24(30)13-15-26/h4-15,18,21,27H,3,16-17,19-20H2,1-2H3,(H,32,35)/t21-,27+/m1/s1. The molecule has 0 aliphatic heterocycles. The van der Waals surface area contributed by atoms with Crippen LogP contribution in [0.3, 0.4) is 0 Å². The van der Waals surface area contributed by atoms with Crippen LogP contribution in [-0.4, -0.2) is 34.6 Å². The first kappa shape index (κ1) is 28.1. The SMILES string of the molecule is CC[C@@H](C)NC(=O)[C@H](Cc1ccccc1)N(Cc1cccc(Cl)c1)C(=O)CCSc1ccc(Cl)cc1. The highest BCUT2D eigenvalue weighted by molar-refractivity contribution is 7.99. The summed E-state index contributed by atoms with van der Waals surface area (Å²) < 4.78 is 0. The maximum atomic E-state index is 13.6. The molecule has 0 aliphatic rings. The zero-order chi connectivity index (χ0) is 25.9. The molecular formula is C29H32Cl2N2O2S. The van der Waals surface area contributed by atoms with Gasteiger partial charge >= 0.3 is 0 Å². The molecule has 0 radical (unpaired) electrons. The molecule has 3 rings (SSSR count). The minimum atomic E-state index is -0.645. The largest absolute Gasteiger partial charge is 0.352 e. The summed E-state index contributed by atoms with van der Waals surface area (Å²) in [5, 5.41) is 4.37. The maximum absolute atomic E-state index is 13.6. The molecule has 2 amide bonds. The molecule has 0 fully saturated rings. The third-order valence-corrected chi connectivity index (χ3v) is 7.41. The van der Waals surface area contributed by atoms with Crippen molar-refractivity contribution in [3.63, 3.8) is 0 Å². The lowest BCUT2D eigenvalue weighted by Crippen LogP contribution is -2.52. The van der Waals surface area contributed by atoms with E-state index in [1.54, 1.807) is 22.7 Å². The molecule has 0 saturated carbocycles. The molecule has 0 saturated heterocycles. The van der Waals surface area contributed by atoms with Crippen LogP contribution in [0.25, 0.3) is 0 Å². The highest BCUT2D eigenvalue weighted by Gasteiger charge is 2.30. The van der Waals surface area contributed by atoms with E-state index >= 15 is 0 Å². The Morgan fingerprint density at radius 1 is 0.917 bits per heavy atom. The van der Waals surface area contributed by atoms with E-state index in [0.29, 0.717) is 35.2 Å². The van der Waals surface area contributed by atoms with Gasteiger partial charge in [-0.05, 0) is 60.9 Å². The van der Waals surface area contributed by atoms with Crippen molar-refractivity contribution in [1.29, 1.82) is 0 Å². The number of hydrogen-bond donors (Lipinski definition) is 1. The molecule has 1 N–H and O–H groups in total. The zero-order valence-electron chi connectivity index (χ0n) is 20.6. The second-order valence-electron chi connectivity index (χ2n) is 8.73. The molecule has 4 nitrogen and oxygen atoms in total. The fourth-order valence-corrected chi connectivity index (χ4v) is 4.94. The first-order chi connectivity index (χ1) is 17.4. The Morgan fingerprint density at radius 3 is 2.28 bits per heavy atom. The molecule has 0 aliphatic carbocycles. The van der Waals surface area contributed by atoms with Crippen LogP contribution in [0.5, 0.6) is 0 Å². The second-order valence-corrected chi connectivity index (χ2v) is 10.8. The normalized spacial score (nSPS) is 12.6. The highest BCUT2D eigenvalue weighted by atomic mass is 35.5. The number of nitrogens with one attached hydrogen (secondary N) is 1. The minimum Gasteiger partial charge on any atom is -0.352 e. The van der Waals surface area contributed by atoms with E-state index in [2.05, 4.69) is 5.32 Å². The van der Waals surface area contributed by atoms with Gasteiger partial charge in [0.25, 0.3) is 0 Å². The molecule has 0 spiro atoms. The topological polar surface area (TPSA) is 49.4 Å². The molecule has 3 aromatic carbocycles. The van der Waals surface area contributed by atoms with E-state index in [0.717, 1.165) is 22.4 Å². The number of carbonyl (C=O) groups is 2. The molecule has 0 aromatic heterocycles. The fraction of sp³-hybridized carbons (Fsp3) is 0.310. The van der Waals surface area contributed by atoms with Gasteiger partial charge in [0.2, 0.25) is 11.8 Å². The summed E-state index contributed by atoms with van der Waals surface area (Å²) >= 11 is 13.8. The van der Waals surface area contributed by atoms with Crippen LogP contribution < -0.4 is 5.32 Å². The Kier molecular flexibility index (Phi) is 11.2. The third kappa shape index (κ3) is 8.88. The van der Waals surface area contributed by atoms with E-state index in [-0.39, 0.29) is 17.9 Å². The second kappa shape index (κ2) is 14.3. The van der Waals surface area contributed by atoms with Gasteiger partial charge < -0.3 is 10.2 Å². The Hall–Kier alpha value is -2.47. The van der Waals surface area contributed by atoms with Crippen LogP contribution >= 0.6 is 35.0 Å². The van der Waals surface area contributed by atoms with Crippen LogP contribution in [0.15, 0.2) is 83.8 Å². The van der Waals surface area contributed by atoms with Gasteiger partial charge in [-0.15, -0.1) is 11.8 Å². The lowest BCUT2D eigenvalue weighted by Gasteiger charge is -2.32. The number of rotatable bonds is 12. The Balaban J connectivity index is 1.85. The molecule has 190 valence electrons. The lowest BCUT2D eigenvalue weighted by atomic mass is 10.0. The van der Waals surface area contributed by atoms with Gasteiger partial charge in [0.1, 0.15) is 6.04 Å². The van der Waals surface area contributed by atoms with Gasteiger partial charge in [0.15, 0.2) is 0 Å². The summed E-state index contributed by atoms with van der Waals surface area (Å²) in [6.07, 6.45) is 1.54. The summed E-state index contributed by atoms with van der Waals surface area (Å²) in [4.78, 5) is 29.9.